The second kappa shape index (κ2) is 8.56. The first-order chi connectivity index (χ1) is 8.74. The standard InChI is InChI=1S/C14H19BrN2O.ClH/c15-12-6-5-7-13(10-12)16-14(18)11-17-8-3-1-2-4-9-17;/h5-7,10H,1-4,8-9,11H2,(H,16,18);1H/p-1. The number of carbonyl (C=O) groups is 1. The second-order valence-electron chi connectivity index (χ2n) is 4.75. The minimum absolute atomic E-state index is 0. The zero-order valence-corrected chi connectivity index (χ0v) is 13.2. The number of hydrogen-bond acceptors (Lipinski definition) is 2. The predicted octanol–water partition coefficient (Wildman–Crippen LogP) is 0.268. The highest BCUT2D eigenvalue weighted by molar-refractivity contribution is 9.10. The van der Waals surface area contributed by atoms with Crippen LogP contribution < -0.4 is 17.7 Å². The van der Waals surface area contributed by atoms with Crippen LogP contribution in [-0.2, 0) is 4.79 Å². The third-order valence-electron chi connectivity index (χ3n) is 3.17. The summed E-state index contributed by atoms with van der Waals surface area (Å²) in [7, 11) is 0. The molecule has 0 unspecified atom stereocenters. The number of carbonyl (C=O) groups excluding carboxylic acids is 1. The Balaban J connectivity index is 0.00000180. The monoisotopic (exact) mass is 345 g/mol. The fourth-order valence-electron chi connectivity index (χ4n) is 2.26. The van der Waals surface area contributed by atoms with Gasteiger partial charge < -0.3 is 17.7 Å². The molecule has 0 aromatic heterocycles. The van der Waals surface area contributed by atoms with Gasteiger partial charge in [0.2, 0.25) is 5.91 Å². The molecule has 5 heteroatoms. The summed E-state index contributed by atoms with van der Waals surface area (Å²) in [6.07, 6.45) is 5.02. The average molecular weight is 347 g/mol. The molecule has 1 aromatic carbocycles. The Bertz CT molecular complexity index is 406. The predicted molar refractivity (Wildman–Crippen MR) is 77.7 cm³/mol. The van der Waals surface area contributed by atoms with Gasteiger partial charge in [0, 0.05) is 10.2 Å². The van der Waals surface area contributed by atoms with Crippen LogP contribution in [0.1, 0.15) is 25.7 Å². The lowest BCUT2D eigenvalue weighted by atomic mass is 10.2. The normalized spacial score (nSPS) is 16.3. The second-order valence-corrected chi connectivity index (χ2v) is 5.66. The van der Waals surface area contributed by atoms with Crippen molar-refractivity contribution < 1.29 is 17.2 Å². The van der Waals surface area contributed by atoms with Crippen molar-refractivity contribution in [1.29, 1.82) is 0 Å². The summed E-state index contributed by atoms with van der Waals surface area (Å²) < 4.78 is 0.982. The molecule has 1 aliphatic rings. The molecule has 1 heterocycles. The maximum atomic E-state index is 11.9. The molecule has 19 heavy (non-hydrogen) atoms. The zero-order chi connectivity index (χ0) is 12.8. The number of anilines is 1. The minimum atomic E-state index is 0. The van der Waals surface area contributed by atoms with E-state index in [1.165, 1.54) is 25.7 Å². The van der Waals surface area contributed by atoms with Gasteiger partial charge in [0.1, 0.15) is 0 Å². The highest BCUT2D eigenvalue weighted by atomic mass is 79.9. The van der Waals surface area contributed by atoms with E-state index in [-0.39, 0.29) is 18.3 Å². The van der Waals surface area contributed by atoms with Crippen LogP contribution in [0, 0.1) is 0 Å². The van der Waals surface area contributed by atoms with Crippen LogP contribution in [0.25, 0.3) is 0 Å². The molecule has 1 fully saturated rings. The van der Waals surface area contributed by atoms with Gasteiger partial charge in [0.05, 0.1) is 6.54 Å². The van der Waals surface area contributed by atoms with Crippen molar-refractivity contribution in [2.45, 2.75) is 25.7 Å². The summed E-state index contributed by atoms with van der Waals surface area (Å²) in [6, 6.07) is 7.70. The van der Waals surface area contributed by atoms with E-state index in [4.69, 9.17) is 0 Å². The number of halogens is 2. The largest absolute Gasteiger partial charge is 1.00 e. The van der Waals surface area contributed by atoms with Crippen LogP contribution in [0.15, 0.2) is 28.7 Å². The van der Waals surface area contributed by atoms with Crippen LogP contribution >= 0.6 is 15.9 Å². The van der Waals surface area contributed by atoms with Crippen molar-refractivity contribution in [3.8, 4) is 0 Å². The van der Waals surface area contributed by atoms with E-state index in [2.05, 4.69) is 26.1 Å². The first-order valence-corrected chi connectivity index (χ1v) is 7.31. The molecule has 0 saturated carbocycles. The van der Waals surface area contributed by atoms with E-state index in [1.54, 1.807) is 0 Å². The third kappa shape index (κ3) is 5.93. The molecule has 0 atom stereocenters. The SMILES string of the molecule is O=C(CN1CCCCCC1)Nc1cccc(Br)c1.[Cl-]. The van der Waals surface area contributed by atoms with E-state index >= 15 is 0 Å². The van der Waals surface area contributed by atoms with Gasteiger partial charge in [-0.1, -0.05) is 34.8 Å². The number of benzene rings is 1. The summed E-state index contributed by atoms with van der Waals surface area (Å²) in [4.78, 5) is 14.2. The van der Waals surface area contributed by atoms with Gasteiger partial charge in [-0.05, 0) is 44.1 Å². The van der Waals surface area contributed by atoms with Crippen LogP contribution in [0.4, 0.5) is 5.69 Å². The molecule has 1 aromatic rings. The fourth-order valence-corrected chi connectivity index (χ4v) is 2.66. The maximum absolute atomic E-state index is 11.9. The van der Waals surface area contributed by atoms with Crippen LogP contribution in [0.2, 0.25) is 0 Å². The molecule has 0 bridgehead atoms. The Hall–Kier alpha value is -0.580. The zero-order valence-electron chi connectivity index (χ0n) is 10.9. The smallest absolute Gasteiger partial charge is 0.238 e. The van der Waals surface area contributed by atoms with Gasteiger partial charge in [-0.2, -0.15) is 0 Å². The van der Waals surface area contributed by atoms with E-state index < -0.39 is 0 Å². The van der Waals surface area contributed by atoms with Crippen molar-refractivity contribution in [2.75, 3.05) is 25.0 Å². The quantitative estimate of drug-likeness (QED) is 0.852. The van der Waals surface area contributed by atoms with Gasteiger partial charge in [0.25, 0.3) is 0 Å². The van der Waals surface area contributed by atoms with Gasteiger partial charge in [-0.3, -0.25) is 9.69 Å². The Morgan fingerprint density at radius 1 is 1.21 bits per heavy atom. The molecule has 2 rings (SSSR count). The van der Waals surface area contributed by atoms with E-state index in [9.17, 15) is 4.79 Å². The molecule has 3 nitrogen and oxygen atoms in total. The number of nitrogens with zero attached hydrogens (tertiary/aromatic N) is 1. The number of likely N-dealkylation sites (tertiary alicyclic amines) is 1. The molecule has 1 N–H and O–H groups in total. The first-order valence-electron chi connectivity index (χ1n) is 6.52. The molecule has 0 aliphatic carbocycles. The van der Waals surface area contributed by atoms with E-state index in [1.807, 2.05) is 24.3 Å². The van der Waals surface area contributed by atoms with Gasteiger partial charge >= 0.3 is 0 Å². The Morgan fingerprint density at radius 3 is 2.53 bits per heavy atom. The molecular weight excluding hydrogens is 328 g/mol. The molecule has 1 aliphatic heterocycles. The van der Waals surface area contributed by atoms with Crippen LogP contribution in [-0.4, -0.2) is 30.4 Å². The molecule has 0 radical (unpaired) electrons. The highest BCUT2D eigenvalue weighted by Crippen LogP contribution is 2.16. The lowest BCUT2D eigenvalue weighted by Crippen LogP contribution is -3.00. The first kappa shape index (κ1) is 16.5. The van der Waals surface area contributed by atoms with Gasteiger partial charge in [-0.15, -0.1) is 0 Å². The summed E-state index contributed by atoms with van der Waals surface area (Å²) in [5, 5.41) is 2.94. The summed E-state index contributed by atoms with van der Waals surface area (Å²) in [5.41, 5.74) is 0.851. The fraction of sp³-hybridized carbons (Fsp3) is 0.500. The van der Waals surface area contributed by atoms with Crippen molar-refractivity contribution in [1.82, 2.24) is 4.90 Å². The molecule has 1 amide bonds. The van der Waals surface area contributed by atoms with Crippen LogP contribution in [0.5, 0.6) is 0 Å². The summed E-state index contributed by atoms with van der Waals surface area (Å²) in [5.74, 6) is 0.0787. The van der Waals surface area contributed by atoms with E-state index in [0.29, 0.717) is 6.54 Å². The Labute approximate surface area is 129 Å². The van der Waals surface area contributed by atoms with Crippen molar-refractivity contribution >= 4 is 27.5 Å². The third-order valence-corrected chi connectivity index (χ3v) is 3.67. The van der Waals surface area contributed by atoms with E-state index in [0.717, 1.165) is 23.2 Å². The molecular formula is C14H19BrClN2O-. The average Bonchev–Trinajstić information content (AvgIpc) is 2.57. The number of hydrogen-bond donors (Lipinski definition) is 1. The number of amides is 1. The summed E-state index contributed by atoms with van der Waals surface area (Å²) >= 11 is 3.40. The number of rotatable bonds is 3. The minimum Gasteiger partial charge on any atom is -1.00 e. The lowest BCUT2D eigenvalue weighted by Gasteiger charge is -2.18. The maximum Gasteiger partial charge on any atom is 0.238 e. The van der Waals surface area contributed by atoms with Gasteiger partial charge in [0.15, 0.2) is 0 Å². The Kier molecular flexibility index (Phi) is 7.42. The van der Waals surface area contributed by atoms with Crippen LogP contribution in [0.3, 0.4) is 0 Å². The molecule has 0 spiro atoms. The van der Waals surface area contributed by atoms with Crippen molar-refractivity contribution in [3.63, 3.8) is 0 Å². The van der Waals surface area contributed by atoms with Crippen molar-refractivity contribution in [3.05, 3.63) is 28.7 Å². The Morgan fingerprint density at radius 2 is 1.89 bits per heavy atom. The van der Waals surface area contributed by atoms with Gasteiger partial charge in [-0.25, -0.2) is 0 Å². The molecule has 1 saturated heterocycles. The topological polar surface area (TPSA) is 32.3 Å². The number of nitrogens with one attached hydrogen (secondary N) is 1. The van der Waals surface area contributed by atoms with Crippen molar-refractivity contribution in [2.24, 2.45) is 0 Å². The lowest BCUT2D eigenvalue weighted by molar-refractivity contribution is -0.117. The summed E-state index contributed by atoms with van der Waals surface area (Å²) in [6.45, 7) is 2.60. The highest BCUT2D eigenvalue weighted by Gasteiger charge is 2.12. The molecule has 106 valence electrons.